The number of fused-ring (bicyclic) bond motifs is 1. The van der Waals surface area contributed by atoms with Crippen LogP contribution < -0.4 is 29.6 Å². The van der Waals surface area contributed by atoms with Crippen LogP contribution in [-0.4, -0.2) is 54.0 Å². The van der Waals surface area contributed by atoms with E-state index in [1.807, 2.05) is 6.07 Å². The van der Waals surface area contributed by atoms with Crippen molar-refractivity contribution in [2.75, 3.05) is 49.7 Å². The highest BCUT2D eigenvalue weighted by molar-refractivity contribution is 7.92. The van der Waals surface area contributed by atoms with Gasteiger partial charge in [0.05, 0.1) is 25.7 Å². The Balaban J connectivity index is 0.00000385. The molecule has 1 amide bonds. The number of halogens is 1. The lowest BCUT2D eigenvalue weighted by molar-refractivity contribution is -0.116. The molecule has 33 heavy (non-hydrogen) atoms. The molecule has 0 unspecified atom stereocenters. The van der Waals surface area contributed by atoms with Crippen LogP contribution in [-0.2, 0) is 21.2 Å². The predicted molar refractivity (Wildman–Crippen MR) is 131 cm³/mol. The predicted octanol–water partition coefficient (Wildman–Crippen LogP) is 2.81. The van der Waals surface area contributed by atoms with Gasteiger partial charge in [-0.1, -0.05) is 0 Å². The zero-order valence-electron chi connectivity index (χ0n) is 18.7. The molecule has 2 aromatic rings. The average Bonchev–Trinajstić information content (AvgIpc) is 2.75. The molecular weight excluding hydrogens is 470 g/mol. The van der Waals surface area contributed by atoms with Gasteiger partial charge in [-0.15, -0.1) is 12.4 Å². The summed E-state index contributed by atoms with van der Waals surface area (Å²) in [6.45, 7) is 2.49. The van der Waals surface area contributed by atoms with E-state index in [0.29, 0.717) is 55.5 Å². The van der Waals surface area contributed by atoms with E-state index in [1.54, 1.807) is 37.4 Å². The van der Waals surface area contributed by atoms with Crippen molar-refractivity contribution in [1.29, 1.82) is 0 Å². The molecule has 1 aliphatic heterocycles. The van der Waals surface area contributed by atoms with Gasteiger partial charge in [-0.2, -0.15) is 0 Å². The second kappa shape index (κ2) is 12.5. The molecule has 0 atom stereocenters. The summed E-state index contributed by atoms with van der Waals surface area (Å²) in [5.74, 6) is 2.07. The fourth-order valence-corrected chi connectivity index (χ4v) is 3.88. The van der Waals surface area contributed by atoms with E-state index >= 15 is 0 Å². The van der Waals surface area contributed by atoms with Gasteiger partial charge in [-0.05, 0) is 55.8 Å². The molecule has 0 radical (unpaired) electrons. The zero-order chi connectivity index (χ0) is 23.0. The minimum atomic E-state index is -3.28. The van der Waals surface area contributed by atoms with Gasteiger partial charge in [-0.3, -0.25) is 9.52 Å². The van der Waals surface area contributed by atoms with Gasteiger partial charge in [0.1, 0.15) is 23.9 Å². The van der Waals surface area contributed by atoms with Crippen LogP contribution in [0, 0.1) is 0 Å². The van der Waals surface area contributed by atoms with Crippen molar-refractivity contribution in [3.05, 3.63) is 42.0 Å². The van der Waals surface area contributed by atoms with E-state index < -0.39 is 10.0 Å². The number of methoxy groups -OCH3 is 1. The van der Waals surface area contributed by atoms with Crippen molar-refractivity contribution in [3.63, 3.8) is 0 Å². The Kier molecular flexibility index (Phi) is 10.1. The van der Waals surface area contributed by atoms with Gasteiger partial charge in [0.15, 0.2) is 0 Å². The summed E-state index contributed by atoms with van der Waals surface area (Å²) in [6, 6.07) is 10.5. The molecule has 2 aromatic carbocycles. The summed E-state index contributed by atoms with van der Waals surface area (Å²) in [7, 11) is -1.70. The van der Waals surface area contributed by atoms with Crippen molar-refractivity contribution in [3.8, 4) is 17.2 Å². The molecule has 1 heterocycles. The van der Waals surface area contributed by atoms with Gasteiger partial charge in [0.2, 0.25) is 15.9 Å². The molecule has 9 nitrogen and oxygen atoms in total. The number of anilines is 2. The van der Waals surface area contributed by atoms with Crippen LogP contribution in [0.1, 0.15) is 18.4 Å². The first-order valence-electron chi connectivity index (χ1n) is 10.4. The maximum absolute atomic E-state index is 11.7. The smallest absolute Gasteiger partial charge is 0.229 e. The first kappa shape index (κ1) is 26.6. The zero-order valence-corrected chi connectivity index (χ0v) is 20.3. The van der Waals surface area contributed by atoms with Crippen LogP contribution in [0.25, 0.3) is 0 Å². The number of rotatable bonds is 12. The van der Waals surface area contributed by atoms with E-state index in [-0.39, 0.29) is 18.3 Å². The Bertz CT molecular complexity index is 1030. The quantitative estimate of drug-likeness (QED) is 0.384. The molecule has 0 saturated heterocycles. The number of benzene rings is 2. The Morgan fingerprint density at radius 3 is 2.39 bits per heavy atom. The van der Waals surface area contributed by atoms with Crippen molar-refractivity contribution in [1.82, 2.24) is 5.32 Å². The summed E-state index contributed by atoms with van der Waals surface area (Å²) in [5.41, 5.74) is 2.17. The van der Waals surface area contributed by atoms with Crippen molar-refractivity contribution >= 4 is 39.7 Å². The highest BCUT2D eigenvalue weighted by Gasteiger charge is 2.22. The lowest BCUT2D eigenvalue weighted by atomic mass is 10.0. The number of hydrogen-bond acceptors (Lipinski definition) is 7. The second-order valence-electron chi connectivity index (χ2n) is 7.37. The summed E-state index contributed by atoms with van der Waals surface area (Å²) >= 11 is 0. The van der Waals surface area contributed by atoms with Crippen molar-refractivity contribution in [2.45, 2.75) is 19.3 Å². The lowest BCUT2D eigenvalue weighted by Crippen LogP contribution is -2.24. The third-order valence-electron chi connectivity index (χ3n) is 4.78. The van der Waals surface area contributed by atoms with Gasteiger partial charge >= 0.3 is 0 Å². The molecule has 11 heteroatoms. The van der Waals surface area contributed by atoms with Crippen molar-refractivity contribution in [2.24, 2.45) is 0 Å². The molecule has 0 bridgehead atoms. The maximum Gasteiger partial charge on any atom is 0.229 e. The minimum Gasteiger partial charge on any atom is -0.495 e. The maximum atomic E-state index is 11.7. The minimum absolute atomic E-state index is 0. The van der Waals surface area contributed by atoms with E-state index in [1.165, 1.54) is 0 Å². The number of carbonyl (C=O) groups is 1. The molecule has 182 valence electrons. The largest absolute Gasteiger partial charge is 0.495 e. The van der Waals surface area contributed by atoms with Gasteiger partial charge in [0, 0.05) is 24.2 Å². The third-order valence-corrected chi connectivity index (χ3v) is 5.39. The van der Waals surface area contributed by atoms with Crippen LogP contribution in [0.5, 0.6) is 17.2 Å². The van der Waals surface area contributed by atoms with E-state index in [9.17, 15) is 13.2 Å². The first-order valence-corrected chi connectivity index (χ1v) is 12.3. The topological polar surface area (TPSA) is 115 Å². The number of sulfonamides is 1. The number of carbonyl (C=O) groups excluding carboxylic acids is 1. The number of nitrogens with one attached hydrogen (secondary N) is 3. The number of hydrogen-bond donors (Lipinski definition) is 3. The molecule has 3 N–H and O–H groups in total. The third kappa shape index (κ3) is 8.30. The highest BCUT2D eigenvalue weighted by atomic mass is 35.5. The number of amides is 1. The summed E-state index contributed by atoms with van der Waals surface area (Å²) < 4.78 is 41.7. The Labute approximate surface area is 200 Å². The second-order valence-corrected chi connectivity index (χ2v) is 9.12. The molecule has 1 aliphatic rings. The Hall–Kier alpha value is -2.69. The summed E-state index contributed by atoms with van der Waals surface area (Å²) in [5, 5.41) is 6.18. The monoisotopic (exact) mass is 499 g/mol. The summed E-state index contributed by atoms with van der Waals surface area (Å²) in [6.07, 6.45) is 2.99. The van der Waals surface area contributed by atoms with Gasteiger partial charge in [0.25, 0.3) is 0 Å². The Morgan fingerprint density at radius 1 is 0.970 bits per heavy atom. The van der Waals surface area contributed by atoms with Crippen LogP contribution >= 0.6 is 12.4 Å². The summed E-state index contributed by atoms with van der Waals surface area (Å²) in [4.78, 5) is 11.7. The molecule has 0 saturated carbocycles. The standard InChI is InChI=1S/C22H29N3O6S.ClH/c1-29-20-10-9-19(18-8-11-21(26)24-22(18)20)31-15-13-23-12-3-14-30-17-6-4-16(5-7-17)25-32(2,27)28;/h4-7,9-10,23,25H,3,8,11-15H2,1-2H3,(H,24,26);1H. The Morgan fingerprint density at radius 2 is 1.70 bits per heavy atom. The van der Waals surface area contributed by atoms with Crippen LogP contribution in [0.3, 0.4) is 0 Å². The SMILES string of the molecule is COc1ccc(OCCNCCCOc2ccc(NS(C)(=O)=O)cc2)c2c1NC(=O)CC2.Cl. The normalized spacial score (nSPS) is 12.7. The van der Waals surface area contributed by atoms with Crippen LogP contribution in [0.15, 0.2) is 36.4 Å². The lowest BCUT2D eigenvalue weighted by Gasteiger charge is -2.22. The fraction of sp³-hybridized carbons (Fsp3) is 0.409. The molecule has 0 aromatic heterocycles. The highest BCUT2D eigenvalue weighted by Crippen LogP contribution is 2.38. The van der Waals surface area contributed by atoms with E-state index in [4.69, 9.17) is 14.2 Å². The number of ether oxygens (including phenoxy) is 3. The molecule has 0 aliphatic carbocycles. The molecule has 0 fully saturated rings. The van der Waals surface area contributed by atoms with Crippen LogP contribution in [0.4, 0.5) is 11.4 Å². The first-order chi connectivity index (χ1) is 15.4. The van der Waals surface area contributed by atoms with Crippen molar-refractivity contribution < 1.29 is 27.4 Å². The van der Waals surface area contributed by atoms with Gasteiger partial charge in [-0.25, -0.2) is 8.42 Å². The molecule has 3 rings (SSSR count). The molecule has 0 spiro atoms. The van der Waals surface area contributed by atoms with E-state index in [2.05, 4.69) is 15.4 Å². The van der Waals surface area contributed by atoms with Gasteiger partial charge < -0.3 is 24.8 Å². The fourth-order valence-electron chi connectivity index (χ4n) is 3.32. The van der Waals surface area contributed by atoms with Crippen LogP contribution in [0.2, 0.25) is 0 Å². The van der Waals surface area contributed by atoms with E-state index in [0.717, 1.165) is 30.5 Å². The molecular formula is C22H30ClN3O6S. The average molecular weight is 500 g/mol.